The van der Waals surface area contributed by atoms with Crippen molar-refractivity contribution in [2.24, 2.45) is 17.8 Å². The highest BCUT2D eigenvalue weighted by atomic mass is 14.3. The van der Waals surface area contributed by atoms with Crippen LogP contribution < -0.4 is 0 Å². The van der Waals surface area contributed by atoms with E-state index in [1.807, 2.05) is 0 Å². The summed E-state index contributed by atoms with van der Waals surface area (Å²) in [6.45, 7) is 12.0. The highest BCUT2D eigenvalue weighted by Crippen LogP contribution is 2.32. The van der Waals surface area contributed by atoms with Crippen LogP contribution in [0.25, 0.3) is 0 Å². The minimum atomic E-state index is 0.667. The average molecular weight is 303 g/mol. The summed E-state index contributed by atoms with van der Waals surface area (Å²) in [7, 11) is 0. The van der Waals surface area contributed by atoms with Gasteiger partial charge in [-0.25, -0.2) is 0 Å². The molecule has 0 saturated carbocycles. The van der Waals surface area contributed by atoms with Gasteiger partial charge in [0, 0.05) is 0 Å². The fourth-order valence-electron chi connectivity index (χ4n) is 3.46. The summed E-state index contributed by atoms with van der Waals surface area (Å²) in [5.74, 6) is 3.14. The van der Waals surface area contributed by atoms with E-state index in [9.17, 15) is 0 Å². The van der Waals surface area contributed by atoms with Crippen LogP contribution in [0.5, 0.6) is 0 Å². The topological polar surface area (TPSA) is 0 Å². The molecule has 0 nitrogen and oxygen atoms in total. The van der Waals surface area contributed by atoms with Crippen LogP contribution >= 0.6 is 0 Å². The molecule has 1 rings (SSSR count). The van der Waals surface area contributed by atoms with Crippen LogP contribution in [0.4, 0.5) is 0 Å². The van der Waals surface area contributed by atoms with Gasteiger partial charge >= 0.3 is 0 Å². The predicted molar refractivity (Wildman–Crippen MR) is 100 cm³/mol. The molecule has 0 aliphatic rings. The molecule has 0 aliphatic heterocycles. The lowest BCUT2D eigenvalue weighted by atomic mass is 9.78. The van der Waals surface area contributed by atoms with Gasteiger partial charge in [0.05, 0.1) is 0 Å². The third kappa shape index (κ3) is 6.99. The Hall–Kier alpha value is -0.780. The van der Waals surface area contributed by atoms with Gasteiger partial charge in [-0.15, -0.1) is 0 Å². The average Bonchev–Trinajstić information content (AvgIpc) is 2.54. The molecule has 0 radical (unpaired) electrons. The van der Waals surface area contributed by atoms with Crippen molar-refractivity contribution >= 4 is 0 Å². The number of hydrogen-bond acceptors (Lipinski definition) is 0. The van der Waals surface area contributed by atoms with Crippen LogP contribution in [0.15, 0.2) is 30.3 Å². The SMILES string of the molecule is CCCCCCCC(C)C(C)CC(C)C(C)c1ccccc1. The van der Waals surface area contributed by atoms with E-state index >= 15 is 0 Å². The molecule has 1 aromatic carbocycles. The Balaban J connectivity index is 2.31. The van der Waals surface area contributed by atoms with Crippen molar-refractivity contribution in [1.82, 2.24) is 0 Å². The normalized spacial score (nSPS) is 17.0. The predicted octanol–water partition coefficient (Wildman–Crippen LogP) is 7.45. The van der Waals surface area contributed by atoms with Gasteiger partial charge < -0.3 is 0 Å². The first-order valence-corrected chi connectivity index (χ1v) is 9.61. The molecule has 0 heteroatoms. The third-order valence-corrected chi connectivity index (χ3v) is 5.66. The van der Waals surface area contributed by atoms with E-state index in [1.165, 1.54) is 50.5 Å². The van der Waals surface area contributed by atoms with Crippen molar-refractivity contribution in [3.05, 3.63) is 35.9 Å². The summed E-state index contributed by atoms with van der Waals surface area (Å²) in [5.41, 5.74) is 1.49. The number of unbranched alkanes of at least 4 members (excludes halogenated alkanes) is 4. The van der Waals surface area contributed by atoms with Crippen LogP contribution in [-0.4, -0.2) is 0 Å². The van der Waals surface area contributed by atoms with Crippen molar-refractivity contribution < 1.29 is 0 Å². The van der Waals surface area contributed by atoms with E-state index in [0.717, 1.165) is 17.8 Å². The summed E-state index contributed by atoms with van der Waals surface area (Å²) in [4.78, 5) is 0. The molecule has 22 heavy (non-hydrogen) atoms. The largest absolute Gasteiger partial charge is 0.0654 e. The van der Waals surface area contributed by atoms with E-state index < -0.39 is 0 Å². The fourth-order valence-corrected chi connectivity index (χ4v) is 3.46. The molecule has 126 valence electrons. The van der Waals surface area contributed by atoms with Crippen molar-refractivity contribution in [1.29, 1.82) is 0 Å². The summed E-state index contributed by atoms with van der Waals surface area (Å²) in [6, 6.07) is 11.0. The number of hydrogen-bond donors (Lipinski definition) is 0. The lowest BCUT2D eigenvalue weighted by Gasteiger charge is -2.27. The van der Waals surface area contributed by atoms with Gasteiger partial charge in [-0.2, -0.15) is 0 Å². The van der Waals surface area contributed by atoms with Crippen molar-refractivity contribution in [2.75, 3.05) is 0 Å². The molecule has 0 saturated heterocycles. The highest BCUT2D eigenvalue weighted by molar-refractivity contribution is 5.19. The maximum atomic E-state index is 2.46. The maximum Gasteiger partial charge on any atom is -0.0165 e. The Labute approximate surface area is 139 Å². The van der Waals surface area contributed by atoms with E-state index in [2.05, 4.69) is 65.0 Å². The Kier molecular flexibility index (Phi) is 9.52. The molecule has 1 aromatic rings. The molecule has 0 heterocycles. The van der Waals surface area contributed by atoms with Crippen LogP contribution in [-0.2, 0) is 0 Å². The first-order chi connectivity index (χ1) is 10.6. The number of rotatable bonds is 11. The van der Waals surface area contributed by atoms with Crippen LogP contribution in [0.3, 0.4) is 0 Å². The van der Waals surface area contributed by atoms with Gasteiger partial charge in [0.15, 0.2) is 0 Å². The Morgan fingerprint density at radius 2 is 1.36 bits per heavy atom. The van der Waals surface area contributed by atoms with Crippen LogP contribution in [0, 0.1) is 17.8 Å². The van der Waals surface area contributed by atoms with E-state index in [1.54, 1.807) is 0 Å². The van der Waals surface area contributed by atoms with Gasteiger partial charge in [-0.1, -0.05) is 103 Å². The molecule has 4 unspecified atom stereocenters. The minimum absolute atomic E-state index is 0.667. The van der Waals surface area contributed by atoms with E-state index in [-0.39, 0.29) is 0 Å². The summed E-state index contributed by atoms with van der Waals surface area (Å²) >= 11 is 0. The minimum Gasteiger partial charge on any atom is -0.0654 e. The molecule has 0 N–H and O–H groups in total. The monoisotopic (exact) mass is 302 g/mol. The zero-order valence-corrected chi connectivity index (χ0v) is 15.6. The lowest BCUT2D eigenvalue weighted by Crippen LogP contribution is -2.15. The lowest BCUT2D eigenvalue weighted by molar-refractivity contribution is 0.276. The second-order valence-electron chi connectivity index (χ2n) is 7.57. The van der Waals surface area contributed by atoms with Crippen molar-refractivity contribution in [3.63, 3.8) is 0 Å². The van der Waals surface area contributed by atoms with E-state index in [0.29, 0.717) is 5.92 Å². The number of benzene rings is 1. The van der Waals surface area contributed by atoms with Gasteiger partial charge in [-0.05, 0) is 35.7 Å². The first kappa shape index (κ1) is 19.3. The van der Waals surface area contributed by atoms with Crippen LogP contribution in [0.2, 0.25) is 0 Å². The molecule has 0 amide bonds. The van der Waals surface area contributed by atoms with Crippen molar-refractivity contribution in [3.8, 4) is 0 Å². The molecule has 0 bridgehead atoms. The smallest absolute Gasteiger partial charge is 0.0165 e. The zero-order chi connectivity index (χ0) is 16.4. The quantitative estimate of drug-likeness (QED) is 0.372. The van der Waals surface area contributed by atoms with Crippen molar-refractivity contribution in [2.45, 2.75) is 85.5 Å². The Morgan fingerprint density at radius 1 is 0.727 bits per heavy atom. The molecular weight excluding hydrogens is 264 g/mol. The van der Waals surface area contributed by atoms with Gasteiger partial charge in [-0.3, -0.25) is 0 Å². The molecule has 0 fully saturated rings. The molecule has 0 aliphatic carbocycles. The van der Waals surface area contributed by atoms with Crippen LogP contribution in [0.1, 0.15) is 91.0 Å². The van der Waals surface area contributed by atoms with Gasteiger partial charge in [0.25, 0.3) is 0 Å². The maximum absolute atomic E-state index is 2.46. The van der Waals surface area contributed by atoms with Gasteiger partial charge in [0.2, 0.25) is 0 Å². The Morgan fingerprint density at radius 3 is 2.00 bits per heavy atom. The fraction of sp³-hybridized carbons (Fsp3) is 0.727. The highest BCUT2D eigenvalue weighted by Gasteiger charge is 2.20. The molecular formula is C22H38. The second kappa shape index (κ2) is 10.9. The Bertz CT molecular complexity index is 367. The standard InChI is InChI=1S/C22H38/c1-6-7-8-9-11-14-18(2)19(3)17-20(4)21(5)22-15-12-10-13-16-22/h10,12-13,15-16,18-21H,6-9,11,14,17H2,1-5H3. The third-order valence-electron chi connectivity index (χ3n) is 5.66. The molecule has 4 atom stereocenters. The summed E-state index contributed by atoms with van der Waals surface area (Å²) in [6.07, 6.45) is 9.81. The molecule has 0 spiro atoms. The second-order valence-corrected chi connectivity index (χ2v) is 7.57. The van der Waals surface area contributed by atoms with Gasteiger partial charge in [0.1, 0.15) is 0 Å². The summed E-state index contributed by atoms with van der Waals surface area (Å²) in [5, 5.41) is 0. The molecule has 0 aromatic heterocycles. The first-order valence-electron chi connectivity index (χ1n) is 9.61. The summed E-state index contributed by atoms with van der Waals surface area (Å²) < 4.78 is 0. The van der Waals surface area contributed by atoms with E-state index in [4.69, 9.17) is 0 Å². The zero-order valence-electron chi connectivity index (χ0n) is 15.6.